The number of hydrogen-bond donors (Lipinski definition) is 2. The fourth-order valence-electron chi connectivity index (χ4n) is 4.30. The minimum atomic E-state index is -1.75. The van der Waals surface area contributed by atoms with Gasteiger partial charge in [0.15, 0.2) is 0 Å². The summed E-state index contributed by atoms with van der Waals surface area (Å²) in [7, 11) is 0. The molecule has 9 heteroatoms. The monoisotopic (exact) mass is 482 g/mol. The van der Waals surface area contributed by atoms with Gasteiger partial charge in [0.25, 0.3) is 5.91 Å². The molecule has 2 amide bonds. The molecule has 0 bridgehead atoms. The number of carbonyl (C=O) groups excluding carboxylic acids is 3. The third-order valence-electron chi connectivity index (χ3n) is 6.16. The molecule has 0 fully saturated rings. The molecule has 0 spiro atoms. The Balaban J connectivity index is 1.77. The maximum absolute atomic E-state index is 13.2. The van der Waals surface area contributed by atoms with Gasteiger partial charge in [-0.1, -0.05) is 48.5 Å². The molecule has 2 aromatic carbocycles. The molecule has 0 aliphatic heterocycles. The molecule has 0 saturated carbocycles. The van der Waals surface area contributed by atoms with Crippen LogP contribution in [0.5, 0.6) is 0 Å². The predicted molar refractivity (Wildman–Crippen MR) is 128 cm³/mol. The summed E-state index contributed by atoms with van der Waals surface area (Å²) in [5.74, 6) is -3.35. The van der Waals surface area contributed by atoms with E-state index >= 15 is 0 Å². The Labute approximate surface area is 204 Å². The van der Waals surface area contributed by atoms with Crippen LogP contribution in [-0.2, 0) is 23.9 Å². The minimum absolute atomic E-state index is 0.000405. The zero-order valence-electron chi connectivity index (χ0n) is 20.2. The van der Waals surface area contributed by atoms with Gasteiger partial charge in [-0.15, -0.1) is 0 Å². The summed E-state index contributed by atoms with van der Waals surface area (Å²) in [6.07, 6.45) is -0.984. The molecule has 9 nitrogen and oxygen atoms in total. The Morgan fingerprint density at radius 2 is 1.51 bits per heavy atom. The minimum Gasteiger partial charge on any atom is -0.480 e. The number of carboxylic acid groups (broad SMARTS) is 1. The van der Waals surface area contributed by atoms with Crippen LogP contribution in [0.4, 0.5) is 4.79 Å². The average molecular weight is 483 g/mol. The lowest BCUT2D eigenvalue weighted by atomic mass is 9.98. The number of nitrogens with one attached hydrogen (secondary N) is 1. The van der Waals surface area contributed by atoms with Crippen molar-refractivity contribution in [2.24, 2.45) is 0 Å². The molecule has 0 heterocycles. The number of hydrogen-bond acceptors (Lipinski definition) is 6. The number of alkyl carbamates (subject to hydrolysis) is 1. The van der Waals surface area contributed by atoms with Crippen LogP contribution in [0.25, 0.3) is 11.1 Å². The van der Waals surface area contributed by atoms with Crippen molar-refractivity contribution in [2.75, 3.05) is 19.8 Å². The highest BCUT2D eigenvalue weighted by Crippen LogP contribution is 2.44. The summed E-state index contributed by atoms with van der Waals surface area (Å²) >= 11 is 0. The lowest BCUT2D eigenvalue weighted by Crippen LogP contribution is -2.61. The molecule has 2 N–H and O–H groups in total. The quantitative estimate of drug-likeness (QED) is 0.416. The maximum Gasteiger partial charge on any atom is 0.408 e. The summed E-state index contributed by atoms with van der Waals surface area (Å²) < 4.78 is 10.4. The van der Waals surface area contributed by atoms with Crippen LogP contribution in [0, 0.1) is 0 Å². The Morgan fingerprint density at radius 1 is 0.971 bits per heavy atom. The molecule has 3 rings (SSSR count). The smallest absolute Gasteiger partial charge is 0.408 e. The number of rotatable bonds is 9. The number of benzene rings is 2. The largest absolute Gasteiger partial charge is 0.480 e. The van der Waals surface area contributed by atoms with Gasteiger partial charge in [-0.05, 0) is 49.9 Å². The number of fused-ring (bicyclic) bond motifs is 3. The second-order valence-corrected chi connectivity index (χ2v) is 8.60. The number of esters is 1. The summed E-state index contributed by atoms with van der Waals surface area (Å²) in [6, 6.07) is 13.9. The van der Waals surface area contributed by atoms with E-state index in [0.29, 0.717) is 0 Å². The van der Waals surface area contributed by atoms with Crippen molar-refractivity contribution in [3.8, 4) is 11.1 Å². The van der Waals surface area contributed by atoms with E-state index in [1.165, 1.54) is 13.8 Å². The Bertz CT molecular complexity index is 1080. The highest BCUT2D eigenvalue weighted by Gasteiger charge is 2.43. The molecule has 0 aromatic heterocycles. The third kappa shape index (κ3) is 5.13. The van der Waals surface area contributed by atoms with Gasteiger partial charge in [0.05, 0.1) is 6.61 Å². The lowest BCUT2D eigenvalue weighted by molar-refractivity contribution is -0.162. The van der Waals surface area contributed by atoms with E-state index in [-0.39, 0.29) is 25.7 Å². The van der Waals surface area contributed by atoms with Crippen LogP contribution in [0.2, 0.25) is 0 Å². The van der Waals surface area contributed by atoms with Gasteiger partial charge in [-0.25, -0.2) is 14.4 Å². The van der Waals surface area contributed by atoms with Crippen LogP contribution in [0.1, 0.15) is 44.7 Å². The van der Waals surface area contributed by atoms with Crippen LogP contribution < -0.4 is 5.32 Å². The number of amides is 2. The predicted octanol–water partition coefficient (Wildman–Crippen LogP) is 3.17. The van der Waals surface area contributed by atoms with E-state index in [2.05, 4.69) is 5.32 Å². The van der Waals surface area contributed by atoms with Gasteiger partial charge >= 0.3 is 18.0 Å². The lowest BCUT2D eigenvalue weighted by Gasteiger charge is -2.36. The second-order valence-electron chi connectivity index (χ2n) is 8.60. The Kier molecular flexibility index (Phi) is 7.78. The van der Waals surface area contributed by atoms with Crippen molar-refractivity contribution in [3.05, 3.63) is 59.7 Å². The second kappa shape index (κ2) is 10.6. The number of ether oxygens (including phenoxy) is 2. The van der Waals surface area contributed by atoms with Crippen molar-refractivity contribution in [3.63, 3.8) is 0 Å². The normalized spacial score (nSPS) is 13.3. The van der Waals surface area contributed by atoms with E-state index in [9.17, 15) is 24.3 Å². The van der Waals surface area contributed by atoms with Gasteiger partial charge in [-0.3, -0.25) is 10.1 Å². The number of nitrogens with zero attached hydrogens (tertiary/aromatic N) is 1. The molecule has 2 aromatic rings. The van der Waals surface area contributed by atoms with Crippen molar-refractivity contribution >= 4 is 23.9 Å². The topological polar surface area (TPSA) is 122 Å². The van der Waals surface area contributed by atoms with Gasteiger partial charge < -0.3 is 19.5 Å². The molecule has 1 aliphatic rings. The van der Waals surface area contributed by atoms with E-state index in [4.69, 9.17) is 9.47 Å². The molecule has 1 atom stereocenters. The van der Waals surface area contributed by atoms with Crippen molar-refractivity contribution in [1.82, 2.24) is 10.2 Å². The molecule has 35 heavy (non-hydrogen) atoms. The van der Waals surface area contributed by atoms with E-state index in [1.807, 2.05) is 48.5 Å². The first kappa shape index (κ1) is 25.7. The summed E-state index contributed by atoms with van der Waals surface area (Å²) in [4.78, 5) is 51.1. The van der Waals surface area contributed by atoms with E-state index in [0.717, 1.165) is 27.2 Å². The van der Waals surface area contributed by atoms with Crippen LogP contribution in [0.3, 0.4) is 0 Å². The van der Waals surface area contributed by atoms with Gasteiger partial charge in [0, 0.05) is 12.5 Å². The molecule has 0 saturated heterocycles. The first-order valence-corrected chi connectivity index (χ1v) is 11.5. The molecule has 186 valence electrons. The summed E-state index contributed by atoms with van der Waals surface area (Å²) in [6.45, 7) is 5.79. The highest BCUT2D eigenvalue weighted by molar-refractivity contribution is 6.05. The SMILES string of the molecule is CCOC(=O)C(NC(=O)OCC1c2ccccc2-c2ccccc21)C(=O)N(CC)C(C)(C)C(=O)O. The first-order chi connectivity index (χ1) is 16.6. The van der Waals surface area contributed by atoms with Gasteiger partial charge in [-0.2, -0.15) is 0 Å². The van der Waals surface area contributed by atoms with Gasteiger partial charge in [0.1, 0.15) is 12.1 Å². The maximum atomic E-state index is 13.2. The fraction of sp³-hybridized carbons (Fsp3) is 0.385. The van der Waals surface area contributed by atoms with Crippen LogP contribution >= 0.6 is 0 Å². The number of likely N-dealkylation sites (N-methyl/N-ethyl adjacent to an activating group) is 1. The van der Waals surface area contributed by atoms with E-state index in [1.54, 1.807) is 13.8 Å². The van der Waals surface area contributed by atoms with Crippen molar-refractivity contribution in [2.45, 2.75) is 45.2 Å². The fourth-order valence-corrected chi connectivity index (χ4v) is 4.30. The Morgan fingerprint density at radius 3 is 2.00 bits per heavy atom. The standard InChI is InChI=1S/C26H30N2O7/c1-5-28(26(3,4)24(31)32)22(29)21(23(30)34-6-2)27-25(33)35-15-20-18-13-9-7-11-16(18)17-12-8-10-14-19(17)20/h7-14,20-21H,5-6,15H2,1-4H3,(H,27,33)(H,31,32). The number of aliphatic carboxylic acids is 1. The summed E-state index contributed by atoms with van der Waals surface area (Å²) in [5, 5.41) is 11.8. The molecular formula is C26H30N2O7. The van der Waals surface area contributed by atoms with Crippen molar-refractivity contribution in [1.29, 1.82) is 0 Å². The zero-order chi connectivity index (χ0) is 25.8. The number of carbonyl (C=O) groups is 4. The van der Waals surface area contributed by atoms with E-state index < -0.39 is 35.5 Å². The zero-order valence-corrected chi connectivity index (χ0v) is 20.2. The molecule has 1 aliphatic carbocycles. The van der Waals surface area contributed by atoms with Gasteiger partial charge in [0.2, 0.25) is 6.04 Å². The number of carboxylic acids is 1. The summed E-state index contributed by atoms with van der Waals surface area (Å²) in [5.41, 5.74) is 2.54. The van der Waals surface area contributed by atoms with Crippen LogP contribution in [-0.4, -0.2) is 65.3 Å². The average Bonchev–Trinajstić information content (AvgIpc) is 3.15. The highest BCUT2D eigenvalue weighted by atomic mass is 16.6. The molecule has 0 radical (unpaired) electrons. The first-order valence-electron chi connectivity index (χ1n) is 11.5. The van der Waals surface area contributed by atoms with Crippen molar-refractivity contribution < 1.29 is 33.8 Å². The van der Waals surface area contributed by atoms with Crippen LogP contribution in [0.15, 0.2) is 48.5 Å². The third-order valence-corrected chi connectivity index (χ3v) is 6.16. The molecular weight excluding hydrogens is 452 g/mol. The Hall–Kier alpha value is -3.88. The molecule has 1 unspecified atom stereocenters.